The van der Waals surface area contributed by atoms with Gasteiger partial charge in [0, 0.05) is 5.92 Å². The minimum Gasteiger partial charge on any atom is -0.0965 e. The lowest BCUT2D eigenvalue weighted by Crippen LogP contribution is -2.28. The molecule has 0 heterocycles. The van der Waals surface area contributed by atoms with Crippen LogP contribution >= 0.6 is 7.92 Å². The Morgan fingerprint density at radius 1 is 0.750 bits per heavy atom. The van der Waals surface area contributed by atoms with Crippen molar-refractivity contribution in [2.24, 2.45) is 5.92 Å². The molecule has 0 radical (unpaired) electrons. The van der Waals surface area contributed by atoms with Gasteiger partial charge in [-0.3, -0.25) is 0 Å². The maximum absolute atomic E-state index is 2.58. The predicted molar refractivity (Wildman–Crippen MR) is 91.9 cm³/mol. The summed E-state index contributed by atoms with van der Waals surface area (Å²) in [4.78, 5) is 0. The summed E-state index contributed by atoms with van der Waals surface area (Å²) < 4.78 is 0. The van der Waals surface area contributed by atoms with E-state index >= 15 is 0 Å². The first-order valence-electron chi connectivity index (χ1n) is 8.98. The molecule has 2 saturated carbocycles. The van der Waals surface area contributed by atoms with Gasteiger partial charge < -0.3 is 0 Å². The van der Waals surface area contributed by atoms with Crippen molar-refractivity contribution >= 4 is 7.92 Å². The minimum absolute atomic E-state index is 0.228. The van der Waals surface area contributed by atoms with E-state index in [4.69, 9.17) is 0 Å². The Morgan fingerprint density at radius 2 is 1.20 bits per heavy atom. The monoisotopic (exact) mass is 290 g/mol. The second-order valence-electron chi connectivity index (χ2n) is 7.12. The molecule has 1 atom stereocenters. The van der Waals surface area contributed by atoms with Crippen LogP contribution in [0.1, 0.15) is 71.1 Å². The quantitative estimate of drug-likeness (QED) is 0.536. The van der Waals surface area contributed by atoms with Crippen LogP contribution < -0.4 is 0 Å². The van der Waals surface area contributed by atoms with Gasteiger partial charge in [0.15, 0.2) is 0 Å². The number of hydrogen-bond acceptors (Lipinski definition) is 0. The van der Waals surface area contributed by atoms with Crippen LogP contribution in [0.25, 0.3) is 0 Å². The molecule has 0 saturated heterocycles. The van der Waals surface area contributed by atoms with Crippen molar-refractivity contribution in [2.45, 2.75) is 88.1 Å². The van der Waals surface area contributed by atoms with Gasteiger partial charge in [0.25, 0.3) is 0 Å². The highest BCUT2D eigenvalue weighted by Gasteiger charge is 2.36. The van der Waals surface area contributed by atoms with Crippen LogP contribution in [0.5, 0.6) is 0 Å². The molecule has 3 rings (SSSR count). The van der Waals surface area contributed by atoms with E-state index < -0.39 is 0 Å². The summed E-state index contributed by atoms with van der Waals surface area (Å²) in [5.74, 6) is 0.755. The van der Waals surface area contributed by atoms with Gasteiger partial charge in [-0.15, -0.1) is 0 Å². The maximum atomic E-state index is 2.58. The third kappa shape index (κ3) is 3.38. The van der Waals surface area contributed by atoms with Crippen molar-refractivity contribution in [1.29, 1.82) is 0 Å². The SMILES string of the molecule is CC(C1C=CC=C1)P(C1CCCCC1)C1CCCCC1. The van der Waals surface area contributed by atoms with Gasteiger partial charge in [0.2, 0.25) is 0 Å². The van der Waals surface area contributed by atoms with Crippen LogP contribution in [0.2, 0.25) is 0 Å². The van der Waals surface area contributed by atoms with Gasteiger partial charge in [0.05, 0.1) is 0 Å². The smallest absolute Gasteiger partial charge is 0.00179 e. The molecule has 0 nitrogen and oxygen atoms in total. The van der Waals surface area contributed by atoms with E-state index in [0.29, 0.717) is 0 Å². The highest BCUT2D eigenvalue weighted by Crippen LogP contribution is 2.60. The summed E-state index contributed by atoms with van der Waals surface area (Å²) in [5, 5.41) is 0. The van der Waals surface area contributed by atoms with E-state index in [1.165, 1.54) is 38.5 Å². The standard InChI is InChI=1S/C19H31P/c1-16(17-10-8-9-11-17)20(18-12-4-2-5-13-18)19-14-6-3-7-15-19/h8-11,16-19H,2-7,12-15H2,1H3. The predicted octanol–water partition coefficient (Wildman–Crippen LogP) is 6.26. The van der Waals surface area contributed by atoms with Gasteiger partial charge >= 0.3 is 0 Å². The van der Waals surface area contributed by atoms with Crippen molar-refractivity contribution in [3.63, 3.8) is 0 Å². The zero-order valence-electron chi connectivity index (χ0n) is 13.1. The Kier molecular flexibility index (Phi) is 5.38. The zero-order chi connectivity index (χ0) is 13.8. The lowest BCUT2D eigenvalue weighted by atomic mass is 9.99. The molecule has 0 aromatic carbocycles. The Morgan fingerprint density at radius 3 is 1.65 bits per heavy atom. The molecule has 1 unspecified atom stereocenters. The summed E-state index contributed by atoms with van der Waals surface area (Å²) in [7, 11) is 0.228. The van der Waals surface area contributed by atoms with Gasteiger partial charge in [-0.2, -0.15) is 0 Å². The molecule has 0 N–H and O–H groups in total. The molecular weight excluding hydrogens is 259 g/mol. The molecule has 3 aliphatic carbocycles. The molecule has 0 spiro atoms. The Labute approximate surface area is 126 Å². The number of hydrogen-bond donors (Lipinski definition) is 0. The van der Waals surface area contributed by atoms with E-state index in [9.17, 15) is 0 Å². The summed E-state index contributed by atoms with van der Waals surface area (Å²) >= 11 is 0. The van der Waals surface area contributed by atoms with E-state index in [1.807, 2.05) is 0 Å². The molecule has 0 aliphatic heterocycles. The lowest BCUT2D eigenvalue weighted by Gasteiger charge is -2.43. The van der Waals surface area contributed by atoms with E-state index in [-0.39, 0.29) is 7.92 Å². The highest BCUT2D eigenvalue weighted by atomic mass is 31.1. The van der Waals surface area contributed by atoms with Crippen LogP contribution in [0.4, 0.5) is 0 Å². The van der Waals surface area contributed by atoms with Crippen LogP contribution in [0.15, 0.2) is 24.3 Å². The van der Waals surface area contributed by atoms with E-state index in [1.54, 1.807) is 25.7 Å². The zero-order valence-corrected chi connectivity index (χ0v) is 14.0. The molecule has 1 heteroatoms. The average Bonchev–Trinajstić information content (AvgIpc) is 3.04. The largest absolute Gasteiger partial charge is 0.0965 e. The fourth-order valence-electron chi connectivity index (χ4n) is 4.69. The van der Waals surface area contributed by atoms with Crippen molar-refractivity contribution in [1.82, 2.24) is 0 Å². The minimum atomic E-state index is 0.228. The molecule has 3 aliphatic rings. The van der Waals surface area contributed by atoms with Gasteiger partial charge in [-0.05, 0) is 42.7 Å². The molecule has 0 bridgehead atoms. The Bertz CT molecular complexity index is 315. The van der Waals surface area contributed by atoms with Crippen LogP contribution in [-0.2, 0) is 0 Å². The second-order valence-corrected chi connectivity index (χ2v) is 10.3. The molecule has 0 aromatic heterocycles. The first-order valence-corrected chi connectivity index (χ1v) is 10.5. The third-order valence-electron chi connectivity index (χ3n) is 5.80. The van der Waals surface area contributed by atoms with Crippen LogP contribution in [0, 0.1) is 5.92 Å². The first-order chi connectivity index (χ1) is 9.86. The molecular formula is C19H31P. The summed E-state index contributed by atoms with van der Waals surface area (Å²) in [5.41, 5.74) is 3.12. The third-order valence-corrected chi connectivity index (χ3v) is 9.80. The van der Waals surface area contributed by atoms with Gasteiger partial charge in [-0.25, -0.2) is 0 Å². The van der Waals surface area contributed by atoms with Crippen molar-refractivity contribution in [3.8, 4) is 0 Å². The number of rotatable bonds is 4. The fourth-order valence-corrected chi connectivity index (χ4v) is 9.14. The fraction of sp³-hybridized carbons (Fsp3) is 0.789. The van der Waals surface area contributed by atoms with Crippen molar-refractivity contribution in [2.75, 3.05) is 0 Å². The second kappa shape index (κ2) is 7.26. The number of allylic oxidation sites excluding steroid dienone is 4. The normalized spacial score (nSPS) is 27.5. The molecule has 20 heavy (non-hydrogen) atoms. The Hall–Kier alpha value is -0.0900. The molecule has 112 valence electrons. The van der Waals surface area contributed by atoms with E-state index in [0.717, 1.165) is 22.9 Å². The van der Waals surface area contributed by atoms with Crippen LogP contribution in [-0.4, -0.2) is 17.0 Å². The van der Waals surface area contributed by atoms with E-state index in [2.05, 4.69) is 31.2 Å². The maximum Gasteiger partial charge on any atom is 0.00179 e. The molecule has 0 aromatic rings. The lowest BCUT2D eigenvalue weighted by molar-refractivity contribution is 0.479. The summed E-state index contributed by atoms with van der Waals surface area (Å²) in [6.45, 7) is 2.58. The van der Waals surface area contributed by atoms with Crippen LogP contribution in [0.3, 0.4) is 0 Å². The first kappa shape index (κ1) is 14.8. The van der Waals surface area contributed by atoms with Gasteiger partial charge in [0.1, 0.15) is 0 Å². The molecule has 0 amide bonds. The summed E-state index contributed by atoms with van der Waals surface area (Å²) in [6, 6.07) is 0. The van der Waals surface area contributed by atoms with Crippen molar-refractivity contribution in [3.05, 3.63) is 24.3 Å². The van der Waals surface area contributed by atoms with Crippen molar-refractivity contribution < 1.29 is 0 Å². The topological polar surface area (TPSA) is 0 Å². The average molecular weight is 290 g/mol. The summed E-state index contributed by atoms with van der Waals surface area (Å²) in [6.07, 6.45) is 24.7. The highest BCUT2D eigenvalue weighted by molar-refractivity contribution is 7.60. The van der Waals surface area contributed by atoms with Gasteiger partial charge in [-0.1, -0.05) is 77.7 Å². The Balaban J connectivity index is 1.73. The molecule has 2 fully saturated rings.